The van der Waals surface area contributed by atoms with E-state index >= 15 is 0 Å². The van der Waals surface area contributed by atoms with Gasteiger partial charge in [0.05, 0.1) is 31.9 Å². The number of amides is 1. The van der Waals surface area contributed by atoms with E-state index in [0.717, 1.165) is 25.7 Å². The van der Waals surface area contributed by atoms with Crippen molar-refractivity contribution >= 4 is 11.6 Å². The number of hydrogen-bond acceptors (Lipinski definition) is 5. The van der Waals surface area contributed by atoms with E-state index in [9.17, 15) is 13.6 Å². The smallest absolute Gasteiger partial charge is 0.282 e. The summed E-state index contributed by atoms with van der Waals surface area (Å²) in [5, 5.41) is 0. The maximum atomic E-state index is 13.3. The Morgan fingerprint density at radius 3 is 2.52 bits per heavy atom. The van der Waals surface area contributed by atoms with Gasteiger partial charge in [-0.3, -0.25) is 4.79 Å². The van der Waals surface area contributed by atoms with Gasteiger partial charge in [-0.05, 0) is 43.7 Å². The Hall–Kier alpha value is -1.96. The van der Waals surface area contributed by atoms with Crippen LogP contribution in [0, 0.1) is 5.92 Å². The Morgan fingerprint density at radius 1 is 1.19 bits per heavy atom. The molecule has 0 aromatic carbocycles. The molecule has 146 valence electrons. The van der Waals surface area contributed by atoms with Gasteiger partial charge in [0.2, 0.25) is 5.88 Å². The quantitative estimate of drug-likeness (QED) is 0.786. The van der Waals surface area contributed by atoms with Crippen molar-refractivity contribution in [2.24, 2.45) is 5.92 Å². The second-order valence-corrected chi connectivity index (χ2v) is 8.15. The van der Waals surface area contributed by atoms with Crippen molar-refractivity contribution in [3.63, 3.8) is 0 Å². The summed E-state index contributed by atoms with van der Waals surface area (Å²) >= 11 is 0. The number of morpholine rings is 1. The summed E-state index contributed by atoms with van der Waals surface area (Å²) in [6.45, 7) is 0.998. The molecule has 1 aromatic rings. The zero-order valence-corrected chi connectivity index (χ0v) is 15.1. The van der Waals surface area contributed by atoms with Crippen LogP contribution in [0.5, 0.6) is 5.88 Å². The second-order valence-electron chi connectivity index (χ2n) is 8.15. The number of pyridine rings is 1. The van der Waals surface area contributed by atoms with Crippen molar-refractivity contribution in [2.75, 3.05) is 37.7 Å². The summed E-state index contributed by atoms with van der Waals surface area (Å²) in [6.07, 6.45) is 4.43. The lowest BCUT2D eigenvalue weighted by Gasteiger charge is -2.40. The molecule has 2 bridgehead atoms. The highest BCUT2D eigenvalue weighted by atomic mass is 19.3. The van der Waals surface area contributed by atoms with Crippen molar-refractivity contribution in [2.45, 2.75) is 43.8 Å². The molecular formula is C19H23F2N3O3. The number of fused-ring (bicyclic) bond motifs is 2. The van der Waals surface area contributed by atoms with Crippen molar-refractivity contribution in [3.05, 3.63) is 17.8 Å². The molecule has 0 N–H and O–H groups in total. The van der Waals surface area contributed by atoms with E-state index in [1.807, 2.05) is 0 Å². The maximum Gasteiger partial charge on any atom is 0.282 e. The molecule has 0 spiro atoms. The van der Waals surface area contributed by atoms with Crippen molar-refractivity contribution in [1.29, 1.82) is 0 Å². The Labute approximate surface area is 156 Å². The number of carbonyl (C=O) groups excluding carboxylic acids is 1. The highest BCUT2D eigenvalue weighted by Crippen LogP contribution is 2.38. The molecule has 1 amide bonds. The molecule has 1 aliphatic carbocycles. The third-order valence-corrected chi connectivity index (χ3v) is 5.73. The monoisotopic (exact) mass is 379 g/mol. The molecule has 4 aliphatic rings. The number of hydrogen-bond donors (Lipinski definition) is 0. The van der Waals surface area contributed by atoms with Crippen LogP contribution in [0.4, 0.5) is 14.5 Å². The first kappa shape index (κ1) is 17.2. The maximum absolute atomic E-state index is 13.3. The van der Waals surface area contributed by atoms with Gasteiger partial charge in [-0.15, -0.1) is 0 Å². The molecule has 3 aliphatic heterocycles. The normalized spacial score (nSPS) is 28.8. The van der Waals surface area contributed by atoms with Crippen LogP contribution in [-0.2, 0) is 4.74 Å². The second kappa shape index (κ2) is 6.29. The molecular weight excluding hydrogens is 356 g/mol. The average molecular weight is 379 g/mol. The number of likely N-dealkylation sites (tertiary alicyclic amines) is 1. The minimum atomic E-state index is -2.67. The van der Waals surface area contributed by atoms with E-state index in [2.05, 4.69) is 4.98 Å². The fourth-order valence-corrected chi connectivity index (χ4v) is 4.01. The van der Waals surface area contributed by atoms with Crippen LogP contribution < -0.4 is 9.64 Å². The molecule has 6 nitrogen and oxygen atoms in total. The third-order valence-electron chi connectivity index (χ3n) is 5.73. The Balaban J connectivity index is 1.36. The average Bonchev–Trinajstić information content (AvgIpc) is 3.40. The molecule has 1 saturated carbocycles. The van der Waals surface area contributed by atoms with E-state index in [-0.39, 0.29) is 31.2 Å². The van der Waals surface area contributed by atoms with E-state index in [0.29, 0.717) is 42.9 Å². The topological polar surface area (TPSA) is 54.9 Å². The molecule has 4 heterocycles. The lowest BCUT2D eigenvalue weighted by Crippen LogP contribution is -2.56. The van der Waals surface area contributed by atoms with Crippen LogP contribution in [0.1, 0.15) is 36.2 Å². The first-order chi connectivity index (χ1) is 13.0. The van der Waals surface area contributed by atoms with Gasteiger partial charge < -0.3 is 19.3 Å². The standard InChI is InChI=1S/C19H23F2N3O3/c20-19(21)10-24(11-19)16-6-5-15(22-17(16)26-9-12-1-2-12)18(25)23-7-13-3-4-14(8-23)27-13/h5-6,12-14H,1-4,7-11H2/t13-,14+. The van der Waals surface area contributed by atoms with Crippen LogP contribution in [0.25, 0.3) is 0 Å². The van der Waals surface area contributed by atoms with Crippen LogP contribution >= 0.6 is 0 Å². The Kier molecular flexibility index (Phi) is 4.00. The molecule has 27 heavy (non-hydrogen) atoms. The first-order valence-corrected chi connectivity index (χ1v) is 9.68. The largest absolute Gasteiger partial charge is 0.476 e. The van der Waals surface area contributed by atoms with Crippen molar-refractivity contribution in [1.82, 2.24) is 9.88 Å². The number of carbonyl (C=O) groups is 1. The Morgan fingerprint density at radius 2 is 1.89 bits per heavy atom. The summed E-state index contributed by atoms with van der Waals surface area (Å²) in [7, 11) is 0. The highest BCUT2D eigenvalue weighted by molar-refractivity contribution is 5.93. The van der Waals surface area contributed by atoms with Gasteiger partial charge >= 0.3 is 0 Å². The van der Waals surface area contributed by atoms with Crippen molar-refractivity contribution < 1.29 is 23.0 Å². The molecule has 0 radical (unpaired) electrons. The lowest BCUT2D eigenvalue weighted by molar-refractivity contribution is -0.0305. The van der Waals surface area contributed by atoms with E-state index in [4.69, 9.17) is 9.47 Å². The predicted molar refractivity (Wildman–Crippen MR) is 93.4 cm³/mol. The van der Waals surface area contributed by atoms with Gasteiger partial charge in [-0.25, -0.2) is 13.8 Å². The number of aromatic nitrogens is 1. The minimum Gasteiger partial charge on any atom is -0.476 e. The zero-order valence-electron chi connectivity index (χ0n) is 15.1. The minimum absolute atomic E-state index is 0.112. The van der Waals surface area contributed by atoms with Gasteiger partial charge in [0.25, 0.3) is 11.8 Å². The number of alkyl halides is 2. The van der Waals surface area contributed by atoms with Gasteiger partial charge in [0, 0.05) is 13.1 Å². The number of nitrogens with zero attached hydrogens (tertiary/aromatic N) is 3. The number of anilines is 1. The van der Waals surface area contributed by atoms with Crippen LogP contribution in [0.3, 0.4) is 0 Å². The SMILES string of the molecule is O=C(c1ccc(N2CC(F)(F)C2)c(OCC2CC2)n1)N1C[C@H]2CC[C@@H](C1)O2. The molecule has 2 atom stereocenters. The van der Waals surface area contributed by atoms with Gasteiger partial charge in [0.15, 0.2) is 0 Å². The number of ether oxygens (including phenoxy) is 2. The molecule has 8 heteroatoms. The van der Waals surface area contributed by atoms with Crippen molar-refractivity contribution in [3.8, 4) is 5.88 Å². The number of rotatable bonds is 5. The molecule has 1 aromatic heterocycles. The molecule has 4 fully saturated rings. The summed E-state index contributed by atoms with van der Waals surface area (Å²) in [5.41, 5.74) is 0.846. The van der Waals surface area contributed by atoms with E-state index in [1.54, 1.807) is 21.9 Å². The van der Waals surface area contributed by atoms with Gasteiger partial charge in [0.1, 0.15) is 11.4 Å². The summed E-state index contributed by atoms with van der Waals surface area (Å²) in [4.78, 5) is 20.7. The van der Waals surface area contributed by atoms with Crippen LogP contribution in [0.2, 0.25) is 0 Å². The summed E-state index contributed by atoms with van der Waals surface area (Å²) in [6, 6.07) is 3.31. The molecule has 0 unspecified atom stereocenters. The number of halogens is 2. The van der Waals surface area contributed by atoms with Gasteiger partial charge in [-0.2, -0.15) is 0 Å². The summed E-state index contributed by atoms with van der Waals surface area (Å²) < 4.78 is 38.2. The molecule has 5 rings (SSSR count). The fourth-order valence-electron chi connectivity index (χ4n) is 4.01. The third kappa shape index (κ3) is 3.47. The fraction of sp³-hybridized carbons (Fsp3) is 0.684. The predicted octanol–water partition coefficient (Wildman–Crippen LogP) is 2.33. The van der Waals surface area contributed by atoms with Crippen LogP contribution in [-0.4, -0.2) is 66.7 Å². The van der Waals surface area contributed by atoms with Gasteiger partial charge in [-0.1, -0.05) is 0 Å². The van der Waals surface area contributed by atoms with E-state index in [1.165, 1.54) is 0 Å². The first-order valence-electron chi connectivity index (χ1n) is 9.68. The summed E-state index contributed by atoms with van der Waals surface area (Å²) in [5.74, 6) is -2.02. The van der Waals surface area contributed by atoms with Crippen LogP contribution in [0.15, 0.2) is 12.1 Å². The Bertz CT molecular complexity index is 736. The highest BCUT2D eigenvalue weighted by Gasteiger charge is 2.45. The van der Waals surface area contributed by atoms with E-state index < -0.39 is 5.92 Å². The zero-order chi connectivity index (χ0) is 18.6. The lowest BCUT2D eigenvalue weighted by atomic mass is 10.1. The molecule has 3 saturated heterocycles.